The number of nitrogens with zero attached hydrogens (tertiary/aromatic N) is 1. The van der Waals surface area contributed by atoms with Gasteiger partial charge in [0.2, 0.25) is 0 Å². The van der Waals surface area contributed by atoms with Crippen molar-refractivity contribution in [3.05, 3.63) is 32.5 Å². The highest BCUT2D eigenvalue weighted by Crippen LogP contribution is 2.32. The summed E-state index contributed by atoms with van der Waals surface area (Å²) in [5, 5.41) is 22.6. The van der Waals surface area contributed by atoms with Crippen LogP contribution >= 0.6 is 15.9 Å². The average molecular weight is 307 g/mol. The van der Waals surface area contributed by atoms with Crippen LogP contribution in [0.4, 0.5) is 15.8 Å². The second kappa shape index (κ2) is 4.97. The molecule has 0 heterocycles. The molecule has 0 amide bonds. The molecular formula is C10H12BrFN2O3. The van der Waals surface area contributed by atoms with Crippen molar-refractivity contribution < 1.29 is 14.4 Å². The Balaban J connectivity index is 3.22. The first-order valence-electron chi connectivity index (χ1n) is 4.79. The Labute approximate surface area is 106 Å². The Morgan fingerprint density at radius 3 is 2.65 bits per heavy atom. The van der Waals surface area contributed by atoms with Gasteiger partial charge < -0.3 is 10.4 Å². The molecule has 0 radical (unpaired) electrons. The van der Waals surface area contributed by atoms with Crippen LogP contribution in [0.1, 0.15) is 13.8 Å². The number of benzene rings is 1. The van der Waals surface area contributed by atoms with Gasteiger partial charge in [0.25, 0.3) is 5.69 Å². The summed E-state index contributed by atoms with van der Waals surface area (Å²) >= 11 is 2.89. The van der Waals surface area contributed by atoms with E-state index in [0.717, 1.165) is 12.1 Å². The van der Waals surface area contributed by atoms with Crippen LogP contribution in [0.25, 0.3) is 0 Å². The molecule has 0 saturated carbocycles. The van der Waals surface area contributed by atoms with Gasteiger partial charge in [0.05, 0.1) is 21.5 Å². The Hall–Kier alpha value is -1.21. The molecule has 2 N–H and O–H groups in total. The monoisotopic (exact) mass is 306 g/mol. The summed E-state index contributed by atoms with van der Waals surface area (Å²) in [4.78, 5) is 10.2. The maximum Gasteiger partial charge on any atom is 0.293 e. The van der Waals surface area contributed by atoms with Gasteiger partial charge in [0.1, 0.15) is 11.5 Å². The van der Waals surface area contributed by atoms with Crippen molar-refractivity contribution in [2.75, 3.05) is 11.9 Å². The zero-order valence-electron chi connectivity index (χ0n) is 9.33. The summed E-state index contributed by atoms with van der Waals surface area (Å²) in [6.45, 7) is 3.06. The molecule has 0 atom stereocenters. The van der Waals surface area contributed by atoms with Gasteiger partial charge in [-0.05, 0) is 29.8 Å². The number of rotatable bonds is 4. The molecule has 0 bridgehead atoms. The Bertz CT molecular complexity index is 451. The highest BCUT2D eigenvalue weighted by atomic mass is 79.9. The van der Waals surface area contributed by atoms with Gasteiger partial charge in [-0.25, -0.2) is 4.39 Å². The topological polar surface area (TPSA) is 75.4 Å². The van der Waals surface area contributed by atoms with Crippen molar-refractivity contribution in [1.82, 2.24) is 0 Å². The maximum atomic E-state index is 13.3. The van der Waals surface area contributed by atoms with Gasteiger partial charge in [0.15, 0.2) is 0 Å². The van der Waals surface area contributed by atoms with Crippen LogP contribution in [0, 0.1) is 15.9 Å². The number of halogens is 2. The van der Waals surface area contributed by atoms with Crippen LogP contribution in [-0.2, 0) is 0 Å². The Morgan fingerprint density at radius 2 is 2.18 bits per heavy atom. The SMILES string of the molecule is CC(C)(CO)Nc1cc(F)c(Br)cc1[N+](=O)[O-]. The number of anilines is 1. The number of aliphatic hydroxyl groups is 1. The third kappa shape index (κ3) is 3.37. The van der Waals surface area contributed by atoms with Crippen molar-refractivity contribution in [1.29, 1.82) is 0 Å². The summed E-state index contributed by atoms with van der Waals surface area (Å²) in [6.07, 6.45) is 0. The first-order valence-corrected chi connectivity index (χ1v) is 5.58. The summed E-state index contributed by atoms with van der Waals surface area (Å²) in [6, 6.07) is 2.12. The number of nitro benzene ring substituents is 1. The van der Waals surface area contributed by atoms with Gasteiger partial charge in [-0.15, -0.1) is 0 Å². The number of nitrogens with one attached hydrogen (secondary N) is 1. The lowest BCUT2D eigenvalue weighted by molar-refractivity contribution is -0.384. The standard InChI is InChI=1S/C10H12BrFN2O3/c1-10(2,5-15)13-8-4-7(12)6(11)3-9(8)14(16)17/h3-4,13,15H,5H2,1-2H3. The molecule has 1 rings (SSSR count). The van der Waals surface area contributed by atoms with Crippen molar-refractivity contribution in [2.24, 2.45) is 0 Å². The van der Waals surface area contributed by atoms with E-state index in [-0.39, 0.29) is 22.5 Å². The molecule has 0 aliphatic rings. The summed E-state index contributed by atoms with van der Waals surface area (Å²) in [5.74, 6) is -0.605. The second-order valence-corrected chi connectivity index (χ2v) is 5.06. The molecule has 17 heavy (non-hydrogen) atoms. The molecule has 0 fully saturated rings. The molecule has 1 aromatic rings. The largest absolute Gasteiger partial charge is 0.394 e. The normalized spacial score (nSPS) is 11.4. The molecule has 0 unspecified atom stereocenters. The minimum atomic E-state index is -0.773. The Kier molecular flexibility index (Phi) is 4.05. The van der Waals surface area contributed by atoms with Crippen LogP contribution in [0.15, 0.2) is 16.6 Å². The Morgan fingerprint density at radius 1 is 1.59 bits per heavy atom. The van der Waals surface area contributed by atoms with Crippen LogP contribution in [0.3, 0.4) is 0 Å². The van der Waals surface area contributed by atoms with E-state index in [2.05, 4.69) is 21.2 Å². The first kappa shape index (κ1) is 13.9. The lowest BCUT2D eigenvalue weighted by Crippen LogP contribution is -2.35. The van der Waals surface area contributed by atoms with E-state index in [0.29, 0.717) is 0 Å². The van der Waals surface area contributed by atoms with E-state index in [1.54, 1.807) is 13.8 Å². The lowest BCUT2D eigenvalue weighted by atomic mass is 10.1. The number of nitro groups is 1. The molecule has 0 aromatic heterocycles. The van der Waals surface area contributed by atoms with E-state index < -0.39 is 16.3 Å². The molecule has 1 aromatic carbocycles. The van der Waals surface area contributed by atoms with Gasteiger partial charge in [-0.2, -0.15) is 0 Å². The fraction of sp³-hybridized carbons (Fsp3) is 0.400. The zero-order valence-corrected chi connectivity index (χ0v) is 10.9. The number of aliphatic hydroxyl groups excluding tert-OH is 1. The summed E-state index contributed by atoms with van der Waals surface area (Å²) in [7, 11) is 0. The van der Waals surface area contributed by atoms with Crippen molar-refractivity contribution in [3.8, 4) is 0 Å². The predicted molar refractivity (Wildman–Crippen MR) is 65.5 cm³/mol. The van der Waals surface area contributed by atoms with Crippen LogP contribution in [-0.4, -0.2) is 22.2 Å². The van der Waals surface area contributed by atoms with E-state index in [4.69, 9.17) is 5.11 Å². The van der Waals surface area contributed by atoms with Crippen LogP contribution in [0.2, 0.25) is 0 Å². The van der Waals surface area contributed by atoms with E-state index in [9.17, 15) is 14.5 Å². The molecule has 0 spiro atoms. The first-order chi connectivity index (χ1) is 7.76. The highest BCUT2D eigenvalue weighted by molar-refractivity contribution is 9.10. The van der Waals surface area contributed by atoms with E-state index in [1.807, 2.05) is 0 Å². The molecule has 94 valence electrons. The van der Waals surface area contributed by atoms with Gasteiger partial charge >= 0.3 is 0 Å². The van der Waals surface area contributed by atoms with E-state index in [1.165, 1.54) is 0 Å². The van der Waals surface area contributed by atoms with Gasteiger partial charge in [0, 0.05) is 12.1 Å². The molecule has 5 nitrogen and oxygen atoms in total. The quantitative estimate of drug-likeness (QED) is 0.662. The zero-order chi connectivity index (χ0) is 13.2. The average Bonchev–Trinajstić information content (AvgIpc) is 2.22. The third-order valence-electron chi connectivity index (χ3n) is 2.10. The minimum absolute atomic E-state index is 0.0246. The maximum absolute atomic E-state index is 13.3. The number of hydrogen-bond donors (Lipinski definition) is 2. The lowest BCUT2D eigenvalue weighted by Gasteiger charge is -2.24. The van der Waals surface area contributed by atoms with E-state index >= 15 is 0 Å². The van der Waals surface area contributed by atoms with Gasteiger partial charge in [-0.1, -0.05) is 0 Å². The second-order valence-electron chi connectivity index (χ2n) is 4.21. The fourth-order valence-corrected chi connectivity index (χ4v) is 1.52. The third-order valence-corrected chi connectivity index (χ3v) is 2.71. The fourth-order valence-electron chi connectivity index (χ4n) is 1.19. The van der Waals surface area contributed by atoms with Crippen LogP contribution < -0.4 is 5.32 Å². The number of hydrogen-bond acceptors (Lipinski definition) is 4. The predicted octanol–water partition coefficient (Wildman–Crippen LogP) is 2.68. The summed E-state index contributed by atoms with van der Waals surface area (Å²) in [5.41, 5.74) is -0.986. The van der Waals surface area contributed by atoms with Crippen molar-refractivity contribution >= 4 is 27.3 Å². The molecule has 7 heteroatoms. The molecular weight excluding hydrogens is 295 g/mol. The van der Waals surface area contributed by atoms with Crippen LogP contribution in [0.5, 0.6) is 0 Å². The van der Waals surface area contributed by atoms with Gasteiger partial charge in [-0.3, -0.25) is 10.1 Å². The molecule has 0 saturated heterocycles. The minimum Gasteiger partial charge on any atom is -0.394 e. The molecule has 0 aliphatic heterocycles. The summed E-state index contributed by atoms with van der Waals surface area (Å²) < 4.78 is 13.4. The smallest absolute Gasteiger partial charge is 0.293 e. The highest BCUT2D eigenvalue weighted by Gasteiger charge is 2.23. The van der Waals surface area contributed by atoms with Crippen molar-refractivity contribution in [3.63, 3.8) is 0 Å². The van der Waals surface area contributed by atoms with Crippen molar-refractivity contribution in [2.45, 2.75) is 19.4 Å². The molecule has 0 aliphatic carbocycles.